The SMILES string of the molecule is Clc1cccc(C2CNCCC23CCCCC3)c1. The van der Waals surface area contributed by atoms with Crippen LogP contribution in [-0.4, -0.2) is 13.1 Å². The van der Waals surface area contributed by atoms with Crippen molar-refractivity contribution in [1.82, 2.24) is 5.32 Å². The van der Waals surface area contributed by atoms with Gasteiger partial charge in [-0.1, -0.05) is 43.0 Å². The third kappa shape index (κ3) is 2.31. The van der Waals surface area contributed by atoms with Crippen LogP contribution in [0.15, 0.2) is 24.3 Å². The lowest BCUT2D eigenvalue weighted by Crippen LogP contribution is -2.44. The minimum absolute atomic E-state index is 0.550. The summed E-state index contributed by atoms with van der Waals surface area (Å²) in [6, 6.07) is 8.52. The maximum Gasteiger partial charge on any atom is 0.0408 e. The summed E-state index contributed by atoms with van der Waals surface area (Å²) in [7, 11) is 0. The average Bonchev–Trinajstić information content (AvgIpc) is 2.40. The number of hydrogen-bond donors (Lipinski definition) is 1. The van der Waals surface area contributed by atoms with Gasteiger partial charge in [0.05, 0.1) is 0 Å². The maximum absolute atomic E-state index is 6.17. The molecule has 0 amide bonds. The Bertz CT molecular complexity index is 401. The molecule has 18 heavy (non-hydrogen) atoms. The van der Waals surface area contributed by atoms with Crippen molar-refractivity contribution in [3.05, 3.63) is 34.9 Å². The molecule has 1 aromatic rings. The summed E-state index contributed by atoms with van der Waals surface area (Å²) < 4.78 is 0. The molecular formula is C16H22ClN. The molecule has 0 aromatic heterocycles. The Labute approximate surface area is 115 Å². The summed E-state index contributed by atoms with van der Waals surface area (Å²) >= 11 is 6.17. The summed E-state index contributed by atoms with van der Waals surface area (Å²) in [5.74, 6) is 0.658. The van der Waals surface area contributed by atoms with E-state index in [-0.39, 0.29) is 0 Å². The largest absolute Gasteiger partial charge is 0.316 e. The smallest absolute Gasteiger partial charge is 0.0408 e. The van der Waals surface area contributed by atoms with Crippen LogP contribution in [0.5, 0.6) is 0 Å². The first-order valence-electron chi connectivity index (χ1n) is 7.26. The minimum Gasteiger partial charge on any atom is -0.316 e. The first-order valence-corrected chi connectivity index (χ1v) is 7.64. The number of piperidine rings is 1. The molecule has 1 aliphatic carbocycles. The molecule has 1 nitrogen and oxygen atoms in total. The molecule has 1 aromatic carbocycles. The maximum atomic E-state index is 6.17. The molecule has 3 rings (SSSR count). The second kappa shape index (κ2) is 5.22. The van der Waals surface area contributed by atoms with Gasteiger partial charge in [0, 0.05) is 17.5 Å². The van der Waals surface area contributed by atoms with Crippen LogP contribution in [0.25, 0.3) is 0 Å². The summed E-state index contributed by atoms with van der Waals surface area (Å²) in [6.45, 7) is 2.32. The lowest BCUT2D eigenvalue weighted by Gasteiger charge is -2.47. The highest BCUT2D eigenvalue weighted by Crippen LogP contribution is 2.51. The fourth-order valence-corrected chi connectivity index (χ4v) is 4.22. The van der Waals surface area contributed by atoms with Crippen LogP contribution >= 0.6 is 11.6 Å². The molecular weight excluding hydrogens is 242 g/mol. The zero-order valence-corrected chi connectivity index (χ0v) is 11.7. The van der Waals surface area contributed by atoms with Crippen molar-refractivity contribution in [2.24, 2.45) is 5.41 Å². The molecule has 1 aliphatic heterocycles. The molecule has 1 saturated heterocycles. The summed E-state index contributed by atoms with van der Waals surface area (Å²) in [5, 5.41) is 4.46. The Hall–Kier alpha value is -0.530. The van der Waals surface area contributed by atoms with Gasteiger partial charge in [-0.3, -0.25) is 0 Å². The Morgan fingerprint density at radius 3 is 2.72 bits per heavy atom. The quantitative estimate of drug-likeness (QED) is 0.794. The van der Waals surface area contributed by atoms with E-state index in [9.17, 15) is 0 Å². The van der Waals surface area contributed by atoms with Crippen molar-refractivity contribution in [2.45, 2.75) is 44.4 Å². The van der Waals surface area contributed by atoms with Crippen LogP contribution in [0.1, 0.15) is 50.0 Å². The summed E-state index contributed by atoms with van der Waals surface area (Å²) in [6.07, 6.45) is 8.41. The standard InChI is InChI=1S/C16H22ClN/c17-14-6-4-5-13(11-14)15-12-18-10-9-16(15)7-2-1-3-8-16/h4-6,11,15,18H,1-3,7-10,12H2. The number of rotatable bonds is 1. The van der Waals surface area contributed by atoms with E-state index in [1.54, 1.807) is 0 Å². The van der Waals surface area contributed by atoms with Gasteiger partial charge in [-0.2, -0.15) is 0 Å². The lowest BCUT2D eigenvalue weighted by molar-refractivity contribution is 0.103. The molecule has 0 radical (unpaired) electrons. The van der Waals surface area contributed by atoms with Crippen LogP contribution < -0.4 is 5.32 Å². The highest BCUT2D eigenvalue weighted by Gasteiger charge is 2.41. The van der Waals surface area contributed by atoms with Gasteiger partial charge >= 0.3 is 0 Å². The molecule has 2 aliphatic rings. The van der Waals surface area contributed by atoms with Crippen LogP contribution in [0.2, 0.25) is 5.02 Å². The Kier molecular flexibility index (Phi) is 3.63. The van der Waals surface area contributed by atoms with E-state index >= 15 is 0 Å². The van der Waals surface area contributed by atoms with E-state index in [0.717, 1.165) is 11.6 Å². The van der Waals surface area contributed by atoms with Gasteiger partial charge in [0.25, 0.3) is 0 Å². The molecule has 2 fully saturated rings. The fraction of sp³-hybridized carbons (Fsp3) is 0.625. The average molecular weight is 264 g/mol. The predicted molar refractivity (Wildman–Crippen MR) is 77.2 cm³/mol. The minimum atomic E-state index is 0.550. The molecule has 1 atom stereocenters. The van der Waals surface area contributed by atoms with Crippen molar-refractivity contribution in [3.63, 3.8) is 0 Å². The van der Waals surface area contributed by atoms with Crippen LogP contribution in [0, 0.1) is 5.41 Å². The van der Waals surface area contributed by atoms with Gasteiger partial charge in [0.2, 0.25) is 0 Å². The Morgan fingerprint density at radius 1 is 1.11 bits per heavy atom. The molecule has 1 spiro atoms. The second-order valence-corrected chi connectivity index (χ2v) is 6.42. The first-order chi connectivity index (χ1) is 8.80. The van der Waals surface area contributed by atoms with Crippen molar-refractivity contribution in [3.8, 4) is 0 Å². The van der Waals surface area contributed by atoms with Gasteiger partial charge in [0.1, 0.15) is 0 Å². The number of nitrogens with one attached hydrogen (secondary N) is 1. The van der Waals surface area contributed by atoms with Crippen LogP contribution in [-0.2, 0) is 0 Å². The van der Waals surface area contributed by atoms with Crippen molar-refractivity contribution < 1.29 is 0 Å². The molecule has 98 valence electrons. The second-order valence-electron chi connectivity index (χ2n) is 5.98. The topological polar surface area (TPSA) is 12.0 Å². The Morgan fingerprint density at radius 2 is 1.94 bits per heavy atom. The predicted octanol–water partition coefficient (Wildman–Crippen LogP) is 4.37. The third-order valence-electron chi connectivity index (χ3n) is 4.99. The molecule has 2 heteroatoms. The van der Waals surface area contributed by atoms with Gasteiger partial charge in [-0.15, -0.1) is 0 Å². The van der Waals surface area contributed by atoms with E-state index < -0.39 is 0 Å². The van der Waals surface area contributed by atoms with E-state index in [0.29, 0.717) is 11.3 Å². The van der Waals surface area contributed by atoms with Gasteiger partial charge < -0.3 is 5.32 Å². The van der Waals surface area contributed by atoms with E-state index in [1.165, 1.54) is 50.6 Å². The molecule has 1 unspecified atom stereocenters. The summed E-state index contributed by atoms with van der Waals surface area (Å²) in [5.41, 5.74) is 1.99. The highest BCUT2D eigenvalue weighted by atomic mass is 35.5. The fourth-order valence-electron chi connectivity index (χ4n) is 4.02. The zero-order valence-electron chi connectivity index (χ0n) is 10.9. The number of benzene rings is 1. The summed E-state index contributed by atoms with van der Waals surface area (Å²) in [4.78, 5) is 0. The van der Waals surface area contributed by atoms with Crippen molar-refractivity contribution >= 4 is 11.6 Å². The molecule has 0 bridgehead atoms. The molecule has 1 heterocycles. The third-order valence-corrected chi connectivity index (χ3v) is 5.22. The first kappa shape index (κ1) is 12.5. The van der Waals surface area contributed by atoms with Crippen LogP contribution in [0.3, 0.4) is 0 Å². The van der Waals surface area contributed by atoms with Gasteiger partial charge in [-0.05, 0) is 48.9 Å². The normalized spacial score (nSPS) is 27.3. The lowest BCUT2D eigenvalue weighted by atomic mass is 9.61. The molecule has 1 N–H and O–H groups in total. The number of halogens is 1. The monoisotopic (exact) mass is 263 g/mol. The van der Waals surface area contributed by atoms with E-state index in [4.69, 9.17) is 11.6 Å². The molecule has 1 saturated carbocycles. The van der Waals surface area contributed by atoms with Crippen molar-refractivity contribution in [1.29, 1.82) is 0 Å². The zero-order chi connectivity index (χ0) is 12.4. The van der Waals surface area contributed by atoms with E-state index in [2.05, 4.69) is 23.5 Å². The number of hydrogen-bond acceptors (Lipinski definition) is 1. The van der Waals surface area contributed by atoms with E-state index in [1.807, 2.05) is 6.07 Å². The van der Waals surface area contributed by atoms with Crippen molar-refractivity contribution in [2.75, 3.05) is 13.1 Å². The van der Waals surface area contributed by atoms with Crippen LogP contribution in [0.4, 0.5) is 0 Å². The highest BCUT2D eigenvalue weighted by molar-refractivity contribution is 6.30. The Balaban J connectivity index is 1.91. The van der Waals surface area contributed by atoms with Gasteiger partial charge in [-0.25, -0.2) is 0 Å². The van der Waals surface area contributed by atoms with Gasteiger partial charge in [0.15, 0.2) is 0 Å².